The molecule has 0 aliphatic carbocycles. The first kappa shape index (κ1) is 17.4. The zero-order valence-electron chi connectivity index (χ0n) is 15.0. The maximum atomic E-state index is 8.12. The average Bonchev–Trinajstić information content (AvgIpc) is 3.01. The van der Waals surface area contributed by atoms with E-state index in [0.717, 1.165) is 17.8 Å². The van der Waals surface area contributed by atoms with Gasteiger partial charge in [-0.3, -0.25) is 5.41 Å². The van der Waals surface area contributed by atoms with Gasteiger partial charge in [0.1, 0.15) is 5.84 Å². The predicted octanol–water partition coefficient (Wildman–Crippen LogP) is 6.57. The molecule has 4 aromatic rings. The van der Waals surface area contributed by atoms with Crippen molar-refractivity contribution in [1.29, 1.82) is 5.41 Å². The number of fused-ring (bicyclic) bond motifs is 3. The van der Waals surface area contributed by atoms with Crippen molar-refractivity contribution in [3.8, 4) is 0 Å². The summed E-state index contributed by atoms with van der Waals surface area (Å²) in [6.07, 6.45) is 3.73. The number of aryl methyl sites for hydroxylation is 1. The number of hydrogen-bond acceptors (Lipinski definition) is 1. The molecule has 0 bridgehead atoms. The Labute approximate surface area is 163 Å². The highest BCUT2D eigenvalue weighted by Crippen LogP contribution is 2.30. The van der Waals surface area contributed by atoms with E-state index in [1.54, 1.807) is 18.2 Å². The van der Waals surface area contributed by atoms with Crippen molar-refractivity contribution in [3.05, 3.63) is 83.4 Å². The second-order valence-corrected chi connectivity index (χ2v) is 6.85. The van der Waals surface area contributed by atoms with E-state index in [-0.39, 0.29) is 0 Å². The third-order valence-corrected chi connectivity index (χ3v) is 4.93. The van der Waals surface area contributed by atoms with Gasteiger partial charge in [0, 0.05) is 39.1 Å². The van der Waals surface area contributed by atoms with Crippen molar-refractivity contribution in [1.82, 2.24) is 4.57 Å². The molecule has 3 nitrogen and oxygen atoms in total. The summed E-state index contributed by atoms with van der Waals surface area (Å²) in [7, 11) is 0. The molecule has 0 aliphatic rings. The van der Waals surface area contributed by atoms with E-state index in [2.05, 4.69) is 59.3 Å². The Morgan fingerprint density at radius 1 is 1.00 bits per heavy atom. The van der Waals surface area contributed by atoms with Gasteiger partial charge in [-0.05, 0) is 61.0 Å². The van der Waals surface area contributed by atoms with Crippen molar-refractivity contribution < 1.29 is 0 Å². The Hall–Kier alpha value is -3.04. The molecule has 27 heavy (non-hydrogen) atoms. The molecule has 0 amide bonds. The largest absolute Gasteiger partial charge is 0.341 e. The van der Waals surface area contributed by atoms with Gasteiger partial charge in [0.2, 0.25) is 0 Å². The van der Waals surface area contributed by atoms with Gasteiger partial charge < -0.3 is 9.88 Å². The van der Waals surface area contributed by atoms with E-state index in [9.17, 15) is 0 Å². The van der Waals surface area contributed by atoms with Crippen molar-refractivity contribution in [2.75, 3.05) is 5.32 Å². The van der Waals surface area contributed by atoms with Crippen LogP contribution in [-0.2, 0) is 6.54 Å². The third-order valence-electron chi connectivity index (χ3n) is 4.68. The Bertz CT molecular complexity index is 1150. The minimum atomic E-state index is 0.327. The fourth-order valence-electron chi connectivity index (χ4n) is 3.43. The standard InChI is InChI=1S/C23H20ClN3/c1-2-27-21-6-4-3-5-19(21)20-15-16(7-13-22(20)27)8-14-23(25)26-18-11-9-17(24)10-12-18/h3-15H,2H2,1H3,(H2,25,26)/b14-8+. The SMILES string of the molecule is CCn1c2ccccc2c2cc(/C=C/C(=N)Nc3ccc(Cl)cc3)ccc21. The van der Waals surface area contributed by atoms with Crippen molar-refractivity contribution >= 4 is 51.0 Å². The summed E-state index contributed by atoms with van der Waals surface area (Å²) in [6, 6.07) is 22.3. The predicted molar refractivity (Wildman–Crippen MR) is 117 cm³/mol. The molecule has 0 radical (unpaired) electrons. The number of benzene rings is 3. The van der Waals surface area contributed by atoms with Gasteiger partial charge in [-0.25, -0.2) is 0 Å². The molecule has 1 aromatic heterocycles. The normalized spacial score (nSPS) is 11.5. The first-order valence-electron chi connectivity index (χ1n) is 8.96. The number of rotatable bonds is 4. The van der Waals surface area contributed by atoms with Crippen molar-refractivity contribution in [2.24, 2.45) is 0 Å². The fourth-order valence-corrected chi connectivity index (χ4v) is 3.55. The van der Waals surface area contributed by atoms with Crippen LogP contribution in [0.4, 0.5) is 5.69 Å². The molecule has 0 saturated carbocycles. The van der Waals surface area contributed by atoms with Crippen LogP contribution in [0.1, 0.15) is 12.5 Å². The van der Waals surface area contributed by atoms with Gasteiger partial charge in [0.15, 0.2) is 0 Å². The summed E-state index contributed by atoms with van der Waals surface area (Å²) in [4.78, 5) is 0. The van der Waals surface area contributed by atoms with E-state index in [4.69, 9.17) is 17.0 Å². The van der Waals surface area contributed by atoms with E-state index in [1.165, 1.54) is 21.8 Å². The van der Waals surface area contributed by atoms with E-state index >= 15 is 0 Å². The van der Waals surface area contributed by atoms with E-state index in [1.807, 2.05) is 18.2 Å². The van der Waals surface area contributed by atoms with Crippen LogP contribution in [0.25, 0.3) is 27.9 Å². The van der Waals surface area contributed by atoms with Gasteiger partial charge in [-0.1, -0.05) is 41.9 Å². The van der Waals surface area contributed by atoms with Gasteiger partial charge in [0.05, 0.1) is 0 Å². The molecule has 0 fully saturated rings. The molecule has 0 spiro atoms. The Balaban J connectivity index is 1.62. The van der Waals surface area contributed by atoms with Crippen molar-refractivity contribution in [2.45, 2.75) is 13.5 Å². The molecule has 1 heterocycles. The van der Waals surface area contributed by atoms with Crippen LogP contribution < -0.4 is 5.32 Å². The van der Waals surface area contributed by atoms with Gasteiger partial charge in [-0.2, -0.15) is 0 Å². The first-order chi connectivity index (χ1) is 13.2. The zero-order chi connectivity index (χ0) is 18.8. The van der Waals surface area contributed by atoms with Crippen LogP contribution in [0.3, 0.4) is 0 Å². The number of nitrogens with one attached hydrogen (secondary N) is 2. The maximum absolute atomic E-state index is 8.12. The number of amidine groups is 1. The molecule has 0 aliphatic heterocycles. The molecule has 2 N–H and O–H groups in total. The lowest BCUT2D eigenvalue weighted by Crippen LogP contribution is -2.06. The third kappa shape index (κ3) is 3.46. The molecule has 134 valence electrons. The lowest BCUT2D eigenvalue weighted by molar-refractivity contribution is 0.827. The minimum absolute atomic E-state index is 0.327. The molecular weight excluding hydrogens is 354 g/mol. The quantitative estimate of drug-likeness (QED) is 0.308. The highest BCUT2D eigenvalue weighted by molar-refractivity contribution is 6.30. The lowest BCUT2D eigenvalue weighted by Gasteiger charge is -2.04. The monoisotopic (exact) mass is 373 g/mol. The average molecular weight is 374 g/mol. The molecule has 4 heteroatoms. The Morgan fingerprint density at radius 3 is 2.52 bits per heavy atom. The molecule has 4 rings (SSSR count). The summed E-state index contributed by atoms with van der Waals surface area (Å²) < 4.78 is 2.34. The summed E-state index contributed by atoms with van der Waals surface area (Å²) >= 11 is 5.89. The van der Waals surface area contributed by atoms with Gasteiger partial charge in [-0.15, -0.1) is 0 Å². The second kappa shape index (κ2) is 7.29. The van der Waals surface area contributed by atoms with E-state index in [0.29, 0.717) is 10.9 Å². The number of halogens is 1. The number of hydrogen-bond donors (Lipinski definition) is 2. The van der Waals surface area contributed by atoms with Crippen LogP contribution in [0.5, 0.6) is 0 Å². The first-order valence-corrected chi connectivity index (χ1v) is 9.33. The molecule has 0 unspecified atom stereocenters. The summed E-state index contributed by atoms with van der Waals surface area (Å²) in [5.41, 5.74) is 4.41. The van der Waals surface area contributed by atoms with Crippen LogP contribution in [0.15, 0.2) is 72.8 Å². The number of nitrogens with zero attached hydrogens (tertiary/aromatic N) is 1. The molecule has 0 saturated heterocycles. The highest BCUT2D eigenvalue weighted by atomic mass is 35.5. The Morgan fingerprint density at radius 2 is 1.74 bits per heavy atom. The van der Waals surface area contributed by atoms with Crippen LogP contribution >= 0.6 is 11.6 Å². The Kier molecular flexibility index (Phi) is 4.69. The van der Waals surface area contributed by atoms with Crippen LogP contribution in [0.2, 0.25) is 5.02 Å². The second-order valence-electron chi connectivity index (χ2n) is 6.42. The highest BCUT2D eigenvalue weighted by Gasteiger charge is 2.08. The smallest absolute Gasteiger partial charge is 0.122 e. The topological polar surface area (TPSA) is 40.8 Å². The lowest BCUT2D eigenvalue weighted by atomic mass is 10.1. The van der Waals surface area contributed by atoms with Crippen molar-refractivity contribution in [3.63, 3.8) is 0 Å². The summed E-state index contributed by atoms with van der Waals surface area (Å²) in [5.74, 6) is 0.327. The minimum Gasteiger partial charge on any atom is -0.341 e. The number of para-hydroxylation sites is 1. The molecule has 3 aromatic carbocycles. The fraction of sp³-hybridized carbons (Fsp3) is 0.0870. The van der Waals surface area contributed by atoms with Gasteiger partial charge >= 0.3 is 0 Å². The molecular formula is C23H20ClN3. The number of aromatic nitrogens is 1. The molecule has 0 atom stereocenters. The number of anilines is 1. The van der Waals surface area contributed by atoms with Gasteiger partial charge in [0.25, 0.3) is 0 Å². The zero-order valence-corrected chi connectivity index (χ0v) is 15.8. The summed E-state index contributed by atoms with van der Waals surface area (Å²) in [5, 5.41) is 14.4. The van der Waals surface area contributed by atoms with Crippen LogP contribution in [-0.4, -0.2) is 10.4 Å². The van der Waals surface area contributed by atoms with Crippen LogP contribution in [0, 0.1) is 5.41 Å². The van der Waals surface area contributed by atoms with E-state index < -0.39 is 0 Å². The maximum Gasteiger partial charge on any atom is 0.122 e. The summed E-state index contributed by atoms with van der Waals surface area (Å²) in [6.45, 7) is 3.11.